The van der Waals surface area contributed by atoms with E-state index in [4.69, 9.17) is 18.9 Å². The van der Waals surface area contributed by atoms with Gasteiger partial charge in [-0.2, -0.15) is 0 Å². The van der Waals surface area contributed by atoms with Crippen LogP contribution in [0.5, 0.6) is 0 Å². The normalized spacial score (nSPS) is 15.9. The fraction of sp³-hybridized carbons (Fsp3) is 0.854. The van der Waals surface area contributed by atoms with Gasteiger partial charge in [-0.1, -0.05) is 141 Å². The van der Waals surface area contributed by atoms with Gasteiger partial charge in [-0.3, -0.25) is 9.59 Å². The minimum absolute atomic E-state index is 0.153. The molecule has 0 aliphatic carbocycles. The van der Waals surface area contributed by atoms with Gasteiger partial charge < -0.3 is 34.1 Å². The molecule has 10 nitrogen and oxygen atoms in total. The molecule has 0 saturated carbocycles. The molecule has 10 heteroatoms. The summed E-state index contributed by atoms with van der Waals surface area (Å²) in [5.74, 6) is -0.616. The van der Waals surface area contributed by atoms with Crippen molar-refractivity contribution in [3.8, 4) is 0 Å². The number of hydrogen-bond acceptors (Lipinski definition) is 8. The minimum atomic E-state index is -0.568. The van der Waals surface area contributed by atoms with Crippen LogP contribution in [-0.4, -0.2) is 99.8 Å². The second-order valence-electron chi connectivity index (χ2n) is 16.6. The van der Waals surface area contributed by atoms with Gasteiger partial charge in [-0.25, -0.2) is 4.79 Å². The lowest BCUT2D eigenvalue weighted by Gasteiger charge is -2.37. The Bertz CT molecular complexity index is 1030. The zero-order valence-electron chi connectivity index (χ0n) is 38.1. The maximum atomic E-state index is 13.2. The number of carbonyl (C=O) groups is 3. The van der Waals surface area contributed by atoms with Crippen molar-refractivity contribution >= 4 is 18.0 Å². The number of likely N-dealkylation sites (N-methyl/N-ethyl adjacent to an activating group) is 1. The highest BCUT2D eigenvalue weighted by molar-refractivity contribution is 5.75. The second-order valence-corrected chi connectivity index (χ2v) is 16.6. The number of allylic oxidation sites excluding steroid dienone is 4. The molecule has 2 amide bonds. The number of nitrogens with one attached hydrogen (secondary N) is 1. The first-order valence-corrected chi connectivity index (χ1v) is 23.9. The van der Waals surface area contributed by atoms with Gasteiger partial charge >= 0.3 is 18.0 Å². The zero-order chi connectivity index (χ0) is 42.3. The second kappa shape index (κ2) is 38.8. The number of rotatable bonds is 38. The fourth-order valence-corrected chi connectivity index (χ4v) is 7.06. The summed E-state index contributed by atoms with van der Waals surface area (Å²) in [5.41, 5.74) is 0. The van der Waals surface area contributed by atoms with Gasteiger partial charge in [0.1, 0.15) is 12.2 Å². The van der Waals surface area contributed by atoms with E-state index in [0.717, 1.165) is 70.6 Å². The van der Waals surface area contributed by atoms with Crippen molar-refractivity contribution in [3.63, 3.8) is 0 Å². The van der Waals surface area contributed by atoms with E-state index in [1.807, 2.05) is 19.0 Å². The first-order valence-electron chi connectivity index (χ1n) is 23.9. The van der Waals surface area contributed by atoms with E-state index in [2.05, 4.69) is 50.4 Å². The van der Waals surface area contributed by atoms with Crippen LogP contribution in [0, 0.1) is 0 Å². The van der Waals surface area contributed by atoms with Crippen LogP contribution in [0.15, 0.2) is 24.3 Å². The zero-order valence-corrected chi connectivity index (χ0v) is 38.1. The molecule has 0 aromatic rings. The van der Waals surface area contributed by atoms with E-state index >= 15 is 0 Å². The molecule has 2 unspecified atom stereocenters. The van der Waals surface area contributed by atoms with E-state index in [0.29, 0.717) is 45.6 Å². The predicted molar refractivity (Wildman–Crippen MR) is 239 cm³/mol. The molecule has 1 fully saturated rings. The Morgan fingerprint density at radius 1 is 0.621 bits per heavy atom. The summed E-state index contributed by atoms with van der Waals surface area (Å²) < 4.78 is 24.1. The van der Waals surface area contributed by atoms with Crippen molar-refractivity contribution in [3.05, 3.63) is 24.3 Å². The molecule has 0 radical (unpaired) electrons. The highest BCUT2D eigenvalue weighted by atomic mass is 16.7. The Labute approximate surface area is 356 Å². The number of carbonyl (C=O) groups excluding carboxylic acids is 3. The Morgan fingerprint density at radius 3 is 1.64 bits per heavy atom. The lowest BCUT2D eigenvalue weighted by atomic mass is 10.1. The molecule has 2 atom stereocenters. The van der Waals surface area contributed by atoms with Crippen LogP contribution in [0.25, 0.3) is 0 Å². The van der Waals surface area contributed by atoms with Gasteiger partial charge in [-0.05, 0) is 65.5 Å². The quantitative estimate of drug-likeness (QED) is 0.0284. The van der Waals surface area contributed by atoms with Crippen molar-refractivity contribution < 1.29 is 33.3 Å². The van der Waals surface area contributed by atoms with E-state index in [-0.39, 0.29) is 37.5 Å². The predicted octanol–water partition coefficient (Wildman–Crippen LogP) is 11.5. The van der Waals surface area contributed by atoms with Gasteiger partial charge in [0.2, 0.25) is 0 Å². The number of piperidine rings is 1. The van der Waals surface area contributed by atoms with E-state index < -0.39 is 18.5 Å². The number of unbranched alkanes of at least 4 members (excludes halogenated alkanes) is 18. The van der Waals surface area contributed by atoms with Gasteiger partial charge in [0, 0.05) is 45.6 Å². The van der Waals surface area contributed by atoms with Crippen LogP contribution in [0.3, 0.4) is 0 Å². The summed E-state index contributed by atoms with van der Waals surface area (Å²) in [6, 6.07) is -0.247. The van der Waals surface area contributed by atoms with Gasteiger partial charge in [-0.15, -0.1) is 0 Å². The highest BCUT2D eigenvalue weighted by Gasteiger charge is 2.34. The van der Waals surface area contributed by atoms with Crippen LogP contribution < -0.4 is 5.32 Å². The Hall–Kier alpha value is -2.43. The molecule has 0 aromatic carbocycles. The molecule has 1 rings (SSSR count). The fourth-order valence-electron chi connectivity index (χ4n) is 7.06. The summed E-state index contributed by atoms with van der Waals surface area (Å²) >= 11 is 0. The molecule has 1 heterocycles. The number of likely N-dealkylation sites (tertiary alicyclic amines) is 1. The SMILES string of the molecule is CCCCC/C=C\C/C=C\CCCCCCCC(=O)OC1CC(OC(=O)CCC(OCCCCCCCC)OCCCCCCCC)CN(C(=O)NCCN(C)C)C1. The van der Waals surface area contributed by atoms with Crippen LogP contribution in [0.2, 0.25) is 0 Å². The summed E-state index contributed by atoms with van der Waals surface area (Å²) in [4.78, 5) is 42.9. The number of urea groups is 1. The van der Waals surface area contributed by atoms with Gasteiger partial charge in [0.05, 0.1) is 19.5 Å². The molecule has 1 N–H and O–H groups in total. The van der Waals surface area contributed by atoms with Gasteiger partial charge in [0.25, 0.3) is 0 Å². The average Bonchev–Trinajstić information content (AvgIpc) is 3.20. The Kier molecular flexibility index (Phi) is 35.8. The average molecular weight is 820 g/mol. The topological polar surface area (TPSA) is 107 Å². The maximum Gasteiger partial charge on any atom is 0.317 e. The Balaban J connectivity index is 2.59. The third-order valence-corrected chi connectivity index (χ3v) is 10.6. The summed E-state index contributed by atoms with van der Waals surface area (Å²) in [6.07, 6.45) is 35.3. The molecule has 1 aliphatic rings. The molecule has 0 aromatic heterocycles. The van der Waals surface area contributed by atoms with Crippen molar-refractivity contribution in [2.75, 3.05) is 53.5 Å². The number of amides is 2. The molecule has 338 valence electrons. The number of hydrogen-bond donors (Lipinski definition) is 1. The number of esters is 2. The summed E-state index contributed by atoms with van der Waals surface area (Å²) in [7, 11) is 3.91. The van der Waals surface area contributed by atoms with E-state index in [1.54, 1.807) is 4.90 Å². The molecular formula is C48H89N3O7. The molecule has 58 heavy (non-hydrogen) atoms. The van der Waals surface area contributed by atoms with E-state index in [9.17, 15) is 14.4 Å². The lowest BCUT2D eigenvalue weighted by Crippen LogP contribution is -2.54. The van der Waals surface area contributed by atoms with Crippen molar-refractivity contribution in [1.29, 1.82) is 0 Å². The summed E-state index contributed by atoms with van der Waals surface area (Å²) in [5, 5.41) is 2.96. The number of nitrogens with zero attached hydrogens (tertiary/aromatic N) is 2. The summed E-state index contributed by atoms with van der Waals surface area (Å²) in [6.45, 7) is 9.64. The number of ether oxygens (including phenoxy) is 4. The standard InChI is InChI=1S/C48H89N3O7/c1-6-9-12-15-18-19-20-21-22-23-24-25-26-27-30-33-45(52)57-43-40-44(42-51(41-43)48(54)49-36-37-50(4)5)58-46(53)34-35-47(55-38-31-28-16-13-10-7-2)56-39-32-29-17-14-11-8-3/h18-19,21-22,43-44,47H,6-17,20,23-42H2,1-5H3,(H,49,54)/b19-18-,22-21-. The van der Waals surface area contributed by atoms with Crippen LogP contribution in [0.1, 0.15) is 194 Å². The largest absolute Gasteiger partial charge is 0.460 e. The third-order valence-electron chi connectivity index (χ3n) is 10.6. The van der Waals surface area contributed by atoms with Crippen molar-refractivity contribution in [2.45, 2.75) is 213 Å². The van der Waals surface area contributed by atoms with Crippen LogP contribution in [-0.2, 0) is 28.5 Å². The maximum absolute atomic E-state index is 13.2. The first-order chi connectivity index (χ1) is 28.3. The van der Waals surface area contributed by atoms with Crippen LogP contribution in [0.4, 0.5) is 4.79 Å². The lowest BCUT2D eigenvalue weighted by molar-refractivity contribution is -0.167. The molecule has 1 aliphatic heterocycles. The van der Waals surface area contributed by atoms with Gasteiger partial charge in [0.15, 0.2) is 6.29 Å². The molecule has 1 saturated heterocycles. The van der Waals surface area contributed by atoms with E-state index in [1.165, 1.54) is 77.0 Å². The first kappa shape index (κ1) is 53.6. The molecule has 0 bridgehead atoms. The monoisotopic (exact) mass is 820 g/mol. The Morgan fingerprint density at radius 2 is 1.09 bits per heavy atom. The van der Waals surface area contributed by atoms with Crippen LogP contribution >= 0.6 is 0 Å². The smallest absolute Gasteiger partial charge is 0.317 e. The van der Waals surface area contributed by atoms with Crippen molar-refractivity contribution in [2.24, 2.45) is 0 Å². The molecular weight excluding hydrogens is 731 g/mol. The minimum Gasteiger partial charge on any atom is -0.460 e. The van der Waals surface area contributed by atoms with Crippen molar-refractivity contribution in [1.82, 2.24) is 15.1 Å². The molecule has 0 spiro atoms. The third kappa shape index (κ3) is 32.4. The highest BCUT2D eigenvalue weighted by Crippen LogP contribution is 2.20.